The Labute approximate surface area is 126 Å². The molecule has 2 aliphatic rings. The summed E-state index contributed by atoms with van der Waals surface area (Å²) in [6.45, 7) is 9.11. The molecule has 1 heterocycles. The van der Waals surface area contributed by atoms with Crippen LogP contribution in [0.25, 0.3) is 0 Å². The summed E-state index contributed by atoms with van der Waals surface area (Å²) in [5.41, 5.74) is 0.183. The number of hydrogen-bond acceptors (Lipinski definition) is 3. The quantitative estimate of drug-likeness (QED) is 0.848. The number of carboxylic acid groups (broad SMARTS) is 1. The van der Waals surface area contributed by atoms with Crippen LogP contribution >= 0.6 is 0 Å². The molecular weight excluding hydrogens is 270 g/mol. The Hall–Kier alpha value is -1.10. The number of hydrogen-bond donors (Lipinski definition) is 1. The van der Waals surface area contributed by atoms with Gasteiger partial charge in [-0.15, -0.1) is 0 Å². The maximum atomic E-state index is 12.8. The lowest BCUT2D eigenvalue weighted by atomic mass is 9.67. The van der Waals surface area contributed by atoms with E-state index in [4.69, 9.17) is 9.84 Å². The van der Waals surface area contributed by atoms with Crippen molar-refractivity contribution in [1.29, 1.82) is 0 Å². The molecule has 1 amide bonds. The minimum absolute atomic E-state index is 0.0171. The standard InChI is InChI=1S/C16H27NO4/c1-10-5-12(7-16(3,4)6-10)14(18)17-8-11(2)21-13(9-17)15(19)20/h10-13H,5-9H2,1-4H3,(H,19,20)/t10?,11-,12?,13?/m1/s1. The first-order valence-corrected chi connectivity index (χ1v) is 7.85. The Morgan fingerprint density at radius 2 is 1.86 bits per heavy atom. The third-order valence-electron chi connectivity index (χ3n) is 4.58. The summed E-state index contributed by atoms with van der Waals surface area (Å²) < 4.78 is 5.38. The average Bonchev–Trinajstić information content (AvgIpc) is 2.34. The second-order valence-electron chi connectivity index (χ2n) is 7.63. The summed E-state index contributed by atoms with van der Waals surface area (Å²) in [5.74, 6) is -0.326. The van der Waals surface area contributed by atoms with Crippen molar-refractivity contribution < 1.29 is 19.4 Å². The molecule has 1 aliphatic heterocycles. The molecule has 21 heavy (non-hydrogen) atoms. The van der Waals surface area contributed by atoms with E-state index in [1.54, 1.807) is 4.90 Å². The van der Waals surface area contributed by atoms with Crippen molar-refractivity contribution >= 4 is 11.9 Å². The summed E-state index contributed by atoms with van der Waals surface area (Å²) in [6, 6.07) is 0. The molecule has 3 unspecified atom stereocenters. The molecular formula is C16H27NO4. The number of carbonyl (C=O) groups excluding carboxylic acids is 1. The van der Waals surface area contributed by atoms with Crippen LogP contribution in [-0.2, 0) is 14.3 Å². The Kier molecular flexibility index (Phi) is 4.61. The second-order valence-corrected chi connectivity index (χ2v) is 7.63. The average molecular weight is 297 g/mol. The van der Waals surface area contributed by atoms with E-state index >= 15 is 0 Å². The molecule has 2 rings (SSSR count). The van der Waals surface area contributed by atoms with Gasteiger partial charge in [0.1, 0.15) is 0 Å². The van der Waals surface area contributed by atoms with Crippen molar-refractivity contribution in [3.05, 3.63) is 0 Å². The summed E-state index contributed by atoms with van der Waals surface area (Å²) in [6.07, 6.45) is 1.82. The molecule has 0 aromatic carbocycles. The normalized spacial score (nSPS) is 36.3. The molecule has 0 radical (unpaired) electrons. The van der Waals surface area contributed by atoms with Crippen LogP contribution in [-0.4, -0.2) is 47.2 Å². The number of carbonyl (C=O) groups is 2. The molecule has 5 nitrogen and oxygen atoms in total. The van der Waals surface area contributed by atoms with E-state index < -0.39 is 12.1 Å². The van der Waals surface area contributed by atoms with E-state index in [1.807, 2.05) is 6.92 Å². The van der Waals surface area contributed by atoms with Gasteiger partial charge in [0, 0.05) is 12.5 Å². The van der Waals surface area contributed by atoms with Crippen LogP contribution in [0.1, 0.15) is 47.0 Å². The van der Waals surface area contributed by atoms with E-state index in [1.165, 1.54) is 0 Å². The van der Waals surface area contributed by atoms with Gasteiger partial charge in [0.15, 0.2) is 6.10 Å². The van der Waals surface area contributed by atoms with Gasteiger partial charge in [-0.3, -0.25) is 4.79 Å². The number of morpholine rings is 1. The lowest BCUT2D eigenvalue weighted by Crippen LogP contribution is -2.54. The van der Waals surface area contributed by atoms with Crippen molar-refractivity contribution in [3.63, 3.8) is 0 Å². The first kappa shape index (κ1) is 16.3. The predicted molar refractivity (Wildman–Crippen MR) is 78.8 cm³/mol. The fourth-order valence-electron chi connectivity index (χ4n) is 4.06. The summed E-state index contributed by atoms with van der Waals surface area (Å²) in [4.78, 5) is 25.6. The number of ether oxygens (including phenoxy) is 1. The molecule has 2 fully saturated rings. The third kappa shape index (κ3) is 3.96. The summed E-state index contributed by atoms with van der Waals surface area (Å²) in [7, 11) is 0. The molecule has 0 bridgehead atoms. The first-order valence-electron chi connectivity index (χ1n) is 7.85. The fraction of sp³-hybridized carbons (Fsp3) is 0.875. The van der Waals surface area contributed by atoms with Gasteiger partial charge in [0.05, 0.1) is 12.6 Å². The Morgan fingerprint density at radius 1 is 1.19 bits per heavy atom. The number of aliphatic carboxylic acids is 1. The Morgan fingerprint density at radius 3 is 2.43 bits per heavy atom. The zero-order valence-electron chi connectivity index (χ0n) is 13.5. The zero-order chi connectivity index (χ0) is 15.8. The SMILES string of the molecule is CC1CC(C(=O)N2CC(C(=O)O)O[C@H](C)C2)CC(C)(C)C1. The van der Waals surface area contributed by atoms with Gasteiger partial charge in [0.2, 0.25) is 5.91 Å². The number of rotatable bonds is 2. The summed E-state index contributed by atoms with van der Waals surface area (Å²) >= 11 is 0. The lowest BCUT2D eigenvalue weighted by molar-refractivity contribution is -0.168. The molecule has 4 atom stereocenters. The van der Waals surface area contributed by atoms with Gasteiger partial charge in [-0.1, -0.05) is 20.8 Å². The predicted octanol–water partition coefficient (Wildman–Crippen LogP) is 2.15. The van der Waals surface area contributed by atoms with Crippen LogP contribution in [0.4, 0.5) is 0 Å². The largest absolute Gasteiger partial charge is 0.479 e. The minimum Gasteiger partial charge on any atom is -0.479 e. The smallest absolute Gasteiger partial charge is 0.334 e. The van der Waals surface area contributed by atoms with Gasteiger partial charge in [-0.05, 0) is 37.5 Å². The van der Waals surface area contributed by atoms with Gasteiger partial charge in [-0.25, -0.2) is 4.79 Å². The van der Waals surface area contributed by atoms with E-state index in [0.717, 1.165) is 19.3 Å². The topological polar surface area (TPSA) is 66.8 Å². The van der Waals surface area contributed by atoms with E-state index in [2.05, 4.69) is 20.8 Å². The highest BCUT2D eigenvalue weighted by atomic mass is 16.5. The van der Waals surface area contributed by atoms with E-state index in [0.29, 0.717) is 12.5 Å². The molecule has 0 spiro atoms. The van der Waals surface area contributed by atoms with Gasteiger partial charge < -0.3 is 14.7 Å². The van der Waals surface area contributed by atoms with E-state index in [9.17, 15) is 9.59 Å². The molecule has 0 aromatic rings. The van der Waals surface area contributed by atoms with Crippen molar-refractivity contribution in [1.82, 2.24) is 4.90 Å². The minimum atomic E-state index is -0.989. The zero-order valence-corrected chi connectivity index (χ0v) is 13.5. The van der Waals surface area contributed by atoms with Crippen molar-refractivity contribution in [2.45, 2.75) is 59.2 Å². The van der Waals surface area contributed by atoms with Crippen LogP contribution in [0, 0.1) is 17.3 Å². The molecule has 0 aromatic heterocycles. The van der Waals surface area contributed by atoms with Crippen LogP contribution in [0.5, 0.6) is 0 Å². The molecule has 5 heteroatoms. The summed E-state index contributed by atoms with van der Waals surface area (Å²) in [5, 5.41) is 9.13. The molecule has 1 saturated heterocycles. The Bertz CT molecular complexity index is 421. The van der Waals surface area contributed by atoms with Gasteiger partial charge in [0.25, 0.3) is 0 Å². The van der Waals surface area contributed by atoms with Crippen LogP contribution in [0.3, 0.4) is 0 Å². The maximum absolute atomic E-state index is 12.8. The van der Waals surface area contributed by atoms with Gasteiger partial charge >= 0.3 is 5.97 Å². The van der Waals surface area contributed by atoms with Gasteiger partial charge in [-0.2, -0.15) is 0 Å². The number of nitrogens with zero attached hydrogens (tertiary/aromatic N) is 1. The van der Waals surface area contributed by atoms with Crippen molar-refractivity contribution in [2.75, 3.05) is 13.1 Å². The highest BCUT2D eigenvalue weighted by Crippen LogP contribution is 2.42. The monoisotopic (exact) mass is 297 g/mol. The maximum Gasteiger partial charge on any atom is 0.334 e. The lowest BCUT2D eigenvalue weighted by Gasteiger charge is -2.42. The van der Waals surface area contributed by atoms with Crippen molar-refractivity contribution in [2.24, 2.45) is 17.3 Å². The first-order chi connectivity index (χ1) is 9.68. The number of amides is 1. The van der Waals surface area contributed by atoms with Crippen LogP contribution < -0.4 is 0 Å². The van der Waals surface area contributed by atoms with E-state index in [-0.39, 0.29) is 29.9 Å². The highest BCUT2D eigenvalue weighted by Gasteiger charge is 2.40. The molecule has 1 saturated carbocycles. The fourth-order valence-corrected chi connectivity index (χ4v) is 4.06. The van der Waals surface area contributed by atoms with Crippen LogP contribution in [0.15, 0.2) is 0 Å². The molecule has 1 N–H and O–H groups in total. The van der Waals surface area contributed by atoms with Crippen molar-refractivity contribution in [3.8, 4) is 0 Å². The highest BCUT2D eigenvalue weighted by molar-refractivity contribution is 5.81. The number of carboxylic acids is 1. The third-order valence-corrected chi connectivity index (χ3v) is 4.58. The van der Waals surface area contributed by atoms with Crippen LogP contribution in [0.2, 0.25) is 0 Å². The molecule has 1 aliphatic carbocycles. The second kappa shape index (κ2) is 5.95. The molecule has 120 valence electrons. The Balaban J connectivity index is 2.06.